The summed E-state index contributed by atoms with van der Waals surface area (Å²) < 4.78 is 14.5. The monoisotopic (exact) mass is 297 g/mol. The van der Waals surface area contributed by atoms with Crippen molar-refractivity contribution in [1.29, 1.82) is 0 Å². The number of nitrogens with zero attached hydrogens (tertiary/aromatic N) is 4. The molecule has 2 heterocycles. The van der Waals surface area contributed by atoms with Crippen LogP contribution in [0.1, 0.15) is 16.2 Å². The number of rotatable bonds is 4. The zero-order valence-corrected chi connectivity index (χ0v) is 11.5. The fourth-order valence-electron chi connectivity index (χ4n) is 1.95. The molecular weight excluding hydrogens is 285 g/mol. The maximum absolute atomic E-state index is 13.1. The van der Waals surface area contributed by atoms with E-state index in [1.54, 1.807) is 36.5 Å². The first-order valence-electron chi connectivity index (χ1n) is 6.58. The van der Waals surface area contributed by atoms with Crippen LogP contribution in [0.5, 0.6) is 0 Å². The molecule has 2 aromatic heterocycles. The molecule has 0 aliphatic carbocycles. The Hall–Kier alpha value is -3.09. The third kappa shape index (κ3) is 2.98. The van der Waals surface area contributed by atoms with Crippen LogP contribution in [0.2, 0.25) is 0 Å². The predicted octanol–water partition coefficient (Wildman–Crippen LogP) is 1.73. The molecule has 0 saturated heterocycles. The summed E-state index contributed by atoms with van der Waals surface area (Å²) in [6.45, 7) is 0.200. The maximum Gasteiger partial charge on any atom is 0.289 e. The molecule has 0 saturated carbocycles. The van der Waals surface area contributed by atoms with Crippen LogP contribution in [-0.2, 0) is 6.54 Å². The molecular formula is C15H12FN5O. The topological polar surface area (TPSA) is 72.7 Å². The zero-order chi connectivity index (χ0) is 15.4. The van der Waals surface area contributed by atoms with Gasteiger partial charge in [0.15, 0.2) is 5.82 Å². The van der Waals surface area contributed by atoms with Crippen LogP contribution in [0.25, 0.3) is 5.82 Å². The number of hydrogen-bond acceptors (Lipinski definition) is 4. The first-order valence-corrected chi connectivity index (χ1v) is 6.58. The van der Waals surface area contributed by atoms with Crippen molar-refractivity contribution in [2.24, 2.45) is 0 Å². The Morgan fingerprint density at radius 1 is 1.18 bits per heavy atom. The number of amides is 1. The number of hydrogen-bond donors (Lipinski definition) is 1. The van der Waals surface area contributed by atoms with E-state index in [2.05, 4.69) is 20.4 Å². The highest BCUT2D eigenvalue weighted by Crippen LogP contribution is 2.06. The van der Waals surface area contributed by atoms with Gasteiger partial charge in [-0.15, -0.1) is 0 Å². The van der Waals surface area contributed by atoms with Gasteiger partial charge in [0.1, 0.15) is 12.1 Å². The summed E-state index contributed by atoms with van der Waals surface area (Å²) in [7, 11) is 0. The van der Waals surface area contributed by atoms with Crippen molar-refractivity contribution >= 4 is 5.91 Å². The standard InChI is InChI=1S/C15H12FN5O/c16-12-5-3-4-11(8-12)9-18-15(22)14-19-10-20-21(14)13-6-1-2-7-17-13/h1-8,10H,9H2,(H,18,22). The molecule has 0 fully saturated rings. The summed E-state index contributed by atoms with van der Waals surface area (Å²) in [5, 5.41) is 6.68. The molecule has 1 amide bonds. The Morgan fingerprint density at radius 3 is 2.86 bits per heavy atom. The number of pyridine rings is 1. The Kier molecular flexibility index (Phi) is 3.86. The second-order valence-electron chi connectivity index (χ2n) is 4.50. The van der Waals surface area contributed by atoms with Crippen LogP contribution in [0, 0.1) is 5.82 Å². The Bertz CT molecular complexity index is 787. The summed E-state index contributed by atoms with van der Waals surface area (Å²) in [5.41, 5.74) is 0.664. The maximum atomic E-state index is 13.1. The van der Waals surface area contributed by atoms with Crippen molar-refractivity contribution in [1.82, 2.24) is 25.1 Å². The second kappa shape index (κ2) is 6.13. The minimum atomic E-state index is -0.410. The summed E-state index contributed by atoms with van der Waals surface area (Å²) in [6, 6.07) is 11.3. The van der Waals surface area contributed by atoms with E-state index >= 15 is 0 Å². The van der Waals surface area contributed by atoms with Gasteiger partial charge in [0.25, 0.3) is 5.91 Å². The van der Waals surface area contributed by atoms with Crippen molar-refractivity contribution in [3.63, 3.8) is 0 Å². The van der Waals surface area contributed by atoms with Crippen LogP contribution in [-0.4, -0.2) is 25.7 Å². The normalized spacial score (nSPS) is 10.4. The quantitative estimate of drug-likeness (QED) is 0.796. The Balaban J connectivity index is 1.75. The van der Waals surface area contributed by atoms with Crippen molar-refractivity contribution in [2.75, 3.05) is 0 Å². The zero-order valence-electron chi connectivity index (χ0n) is 11.5. The first-order chi connectivity index (χ1) is 10.7. The van der Waals surface area contributed by atoms with E-state index in [9.17, 15) is 9.18 Å². The van der Waals surface area contributed by atoms with Crippen molar-refractivity contribution in [2.45, 2.75) is 6.54 Å². The van der Waals surface area contributed by atoms with Crippen LogP contribution < -0.4 is 5.32 Å². The first kappa shape index (κ1) is 13.9. The van der Waals surface area contributed by atoms with E-state index in [-0.39, 0.29) is 18.2 Å². The highest BCUT2D eigenvalue weighted by Gasteiger charge is 2.15. The molecule has 6 nitrogen and oxygen atoms in total. The fourth-order valence-corrected chi connectivity index (χ4v) is 1.95. The van der Waals surface area contributed by atoms with Gasteiger partial charge in [0, 0.05) is 12.7 Å². The molecule has 22 heavy (non-hydrogen) atoms. The number of halogens is 1. The SMILES string of the molecule is O=C(NCc1cccc(F)c1)c1ncnn1-c1ccccn1. The van der Waals surface area contributed by atoms with Crippen LogP contribution in [0.3, 0.4) is 0 Å². The molecule has 0 aliphatic heterocycles. The van der Waals surface area contributed by atoms with Gasteiger partial charge in [-0.1, -0.05) is 18.2 Å². The molecule has 0 spiro atoms. The lowest BCUT2D eigenvalue weighted by molar-refractivity contribution is 0.0937. The lowest BCUT2D eigenvalue weighted by Gasteiger charge is -2.06. The van der Waals surface area contributed by atoms with Crippen LogP contribution in [0.15, 0.2) is 55.0 Å². The average Bonchev–Trinajstić information content (AvgIpc) is 3.03. The van der Waals surface area contributed by atoms with E-state index in [0.29, 0.717) is 11.4 Å². The molecule has 7 heteroatoms. The van der Waals surface area contributed by atoms with Crippen LogP contribution >= 0.6 is 0 Å². The summed E-state index contributed by atoms with van der Waals surface area (Å²) in [5.74, 6) is -0.137. The third-order valence-corrected chi connectivity index (χ3v) is 2.96. The van der Waals surface area contributed by atoms with E-state index < -0.39 is 5.91 Å². The minimum absolute atomic E-state index is 0.120. The summed E-state index contributed by atoms with van der Waals surface area (Å²) in [4.78, 5) is 20.3. The summed E-state index contributed by atoms with van der Waals surface area (Å²) >= 11 is 0. The number of nitrogens with one attached hydrogen (secondary N) is 1. The molecule has 0 radical (unpaired) electrons. The predicted molar refractivity (Wildman–Crippen MR) is 76.7 cm³/mol. The minimum Gasteiger partial charge on any atom is -0.345 e. The van der Waals surface area contributed by atoms with Crippen molar-refractivity contribution in [3.8, 4) is 5.82 Å². The van der Waals surface area contributed by atoms with Crippen molar-refractivity contribution in [3.05, 3.63) is 72.2 Å². The Morgan fingerprint density at radius 2 is 2.09 bits per heavy atom. The van der Waals surface area contributed by atoms with Gasteiger partial charge in [-0.05, 0) is 29.8 Å². The lowest BCUT2D eigenvalue weighted by Crippen LogP contribution is -2.26. The third-order valence-electron chi connectivity index (χ3n) is 2.96. The van der Waals surface area contributed by atoms with Crippen LogP contribution in [0.4, 0.5) is 4.39 Å². The van der Waals surface area contributed by atoms with E-state index in [0.717, 1.165) is 0 Å². The molecule has 3 aromatic rings. The Labute approximate surface area is 125 Å². The van der Waals surface area contributed by atoms with Gasteiger partial charge in [0.2, 0.25) is 5.82 Å². The number of carbonyl (C=O) groups is 1. The van der Waals surface area contributed by atoms with Gasteiger partial charge in [0.05, 0.1) is 0 Å². The van der Waals surface area contributed by atoms with E-state index in [4.69, 9.17) is 0 Å². The van der Waals surface area contributed by atoms with Gasteiger partial charge < -0.3 is 5.32 Å². The van der Waals surface area contributed by atoms with E-state index in [1.165, 1.54) is 23.1 Å². The number of aromatic nitrogens is 4. The lowest BCUT2D eigenvalue weighted by atomic mass is 10.2. The second-order valence-corrected chi connectivity index (χ2v) is 4.50. The molecule has 0 atom stereocenters. The molecule has 0 bridgehead atoms. The number of carbonyl (C=O) groups excluding carboxylic acids is 1. The molecule has 1 aromatic carbocycles. The van der Waals surface area contributed by atoms with Gasteiger partial charge in [-0.3, -0.25) is 4.79 Å². The molecule has 3 rings (SSSR count). The van der Waals surface area contributed by atoms with E-state index in [1.807, 2.05) is 0 Å². The molecule has 0 aliphatic rings. The highest BCUT2D eigenvalue weighted by atomic mass is 19.1. The van der Waals surface area contributed by atoms with Gasteiger partial charge in [-0.2, -0.15) is 9.78 Å². The largest absolute Gasteiger partial charge is 0.345 e. The molecule has 0 unspecified atom stereocenters. The van der Waals surface area contributed by atoms with Crippen molar-refractivity contribution < 1.29 is 9.18 Å². The summed E-state index contributed by atoms with van der Waals surface area (Å²) in [6.07, 6.45) is 2.89. The molecule has 110 valence electrons. The average molecular weight is 297 g/mol. The highest BCUT2D eigenvalue weighted by molar-refractivity contribution is 5.91. The van der Waals surface area contributed by atoms with Gasteiger partial charge in [-0.25, -0.2) is 14.4 Å². The smallest absolute Gasteiger partial charge is 0.289 e. The number of benzene rings is 1. The fraction of sp³-hybridized carbons (Fsp3) is 0.0667. The molecule has 1 N–H and O–H groups in total. The van der Waals surface area contributed by atoms with Gasteiger partial charge >= 0.3 is 0 Å².